The summed E-state index contributed by atoms with van der Waals surface area (Å²) in [6.07, 6.45) is 0.831. The molecule has 0 fully saturated rings. The number of carbonyl (C=O) groups is 1. The van der Waals surface area contributed by atoms with Crippen LogP contribution in [0.4, 0.5) is 0 Å². The van der Waals surface area contributed by atoms with Gasteiger partial charge in [0.15, 0.2) is 0 Å². The van der Waals surface area contributed by atoms with Gasteiger partial charge in [0.2, 0.25) is 0 Å². The quantitative estimate of drug-likeness (QED) is 0.630. The first-order valence-electron chi connectivity index (χ1n) is 3.59. The molecule has 2 nitrogen and oxygen atoms in total. The molecule has 11 heavy (non-hydrogen) atoms. The molecule has 0 aliphatic carbocycles. The van der Waals surface area contributed by atoms with E-state index in [2.05, 4.69) is 11.8 Å². The maximum absolute atomic E-state index is 10.3. The van der Waals surface area contributed by atoms with Crippen molar-refractivity contribution in [2.45, 2.75) is 33.6 Å². The number of rotatable bonds is 3. The molecule has 2 heteroatoms. The summed E-state index contributed by atoms with van der Waals surface area (Å²) in [6.45, 7) is 5.58. The van der Waals surface area contributed by atoms with E-state index in [1.54, 1.807) is 6.92 Å². The third-order valence-electron chi connectivity index (χ3n) is 1.37. The van der Waals surface area contributed by atoms with Gasteiger partial charge < -0.3 is 5.11 Å². The van der Waals surface area contributed by atoms with E-state index in [4.69, 9.17) is 5.11 Å². The summed E-state index contributed by atoms with van der Waals surface area (Å²) in [5, 5.41) is 8.50. The maximum atomic E-state index is 10.3. The van der Waals surface area contributed by atoms with Gasteiger partial charge in [0, 0.05) is 6.42 Å². The standard InChI is InChI=1S/C9H14O2/c1-4-5-6-9(2,3)7-8(10)11/h6-7H2,1-3H3,(H,10,11). The highest BCUT2D eigenvalue weighted by Crippen LogP contribution is 2.23. The minimum Gasteiger partial charge on any atom is -0.481 e. The van der Waals surface area contributed by atoms with Crippen LogP contribution in [-0.4, -0.2) is 11.1 Å². The molecular formula is C9H14O2. The normalized spacial score (nSPS) is 10.1. The van der Waals surface area contributed by atoms with Crippen LogP contribution in [0.15, 0.2) is 0 Å². The Hall–Kier alpha value is -0.970. The summed E-state index contributed by atoms with van der Waals surface area (Å²) < 4.78 is 0. The molecule has 0 aromatic heterocycles. The Labute approximate surface area is 67.6 Å². The lowest BCUT2D eigenvalue weighted by atomic mass is 9.86. The molecule has 0 spiro atoms. The van der Waals surface area contributed by atoms with Gasteiger partial charge in [-0.3, -0.25) is 4.79 Å². The van der Waals surface area contributed by atoms with Gasteiger partial charge in [0.05, 0.1) is 6.42 Å². The van der Waals surface area contributed by atoms with Crippen molar-refractivity contribution in [2.24, 2.45) is 5.41 Å². The second-order valence-electron chi connectivity index (χ2n) is 3.34. The van der Waals surface area contributed by atoms with Crippen LogP contribution >= 0.6 is 0 Å². The summed E-state index contributed by atoms with van der Waals surface area (Å²) >= 11 is 0. The van der Waals surface area contributed by atoms with E-state index in [1.165, 1.54) is 0 Å². The summed E-state index contributed by atoms with van der Waals surface area (Å²) in [4.78, 5) is 10.3. The number of aliphatic carboxylic acids is 1. The van der Waals surface area contributed by atoms with E-state index in [-0.39, 0.29) is 11.8 Å². The third-order valence-corrected chi connectivity index (χ3v) is 1.37. The Balaban J connectivity index is 3.96. The van der Waals surface area contributed by atoms with Crippen LogP contribution in [0.1, 0.15) is 33.6 Å². The van der Waals surface area contributed by atoms with Crippen LogP contribution in [-0.2, 0) is 4.79 Å². The first-order chi connectivity index (χ1) is 4.98. The summed E-state index contributed by atoms with van der Waals surface area (Å²) in [5.41, 5.74) is -0.200. The van der Waals surface area contributed by atoms with Crippen LogP contribution < -0.4 is 0 Å². The van der Waals surface area contributed by atoms with Gasteiger partial charge in [-0.05, 0) is 12.3 Å². The van der Waals surface area contributed by atoms with Crippen molar-refractivity contribution in [1.82, 2.24) is 0 Å². The lowest BCUT2D eigenvalue weighted by Crippen LogP contribution is -2.15. The highest BCUT2D eigenvalue weighted by Gasteiger charge is 2.19. The smallest absolute Gasteiger partial charge is 0.303 e. The van der Waals surface area contributed by atoms with Crippen LogP contribution in [0.3, 0.4) is 0 Å². The molecule has 62 valence electrons. The van der Waals surface area contributed by atoms with Gasteiger partial charge in [0.25, 0.3) is 0 Å². The zero-order valence-corrected chi connectivity index (χ0v) is 7.27. The molecule has 0 amide bonds. The van der Waals surface area contributed by atoms with Crippen molar-refractivity contribution < 1.29 is 9.90 Å². The summed E-state index contributed by atoms with van der Waals surface area (Å²) in [5.74, 6) is 4.88. The molecule has 0 saturated carbocycles. The van der Waals surface area contributed by atoms with Gasteiger partial charge in [-0.15, -0.1) is 11.8 Å². The average molecular weight is 154 g/mol. The molecule has 0 aliphatic rings. The Bertz CT molecular complexity index is 193. The zero-order valence-electron chi connectivity index (χ0n) is 7.27. The number of hydrogen-bond acceptors (Lipinski definition) is 1. The Morgan fingerprint density at radius 1 is 1.55 bits per heavy atom. The fourth-order valence-electron chi connectivity index (χ4n) is 0.800. The Morgan fingerprint density at radius 3 is 2.45 bits per heavy atom. The van der Waals surface area contributed by atoms with Crippen LogP contribution in [0.25, 0.3) is 0 Å². The fraction of sp³-hybridized carbons (Fsp3) is 0.667. The first-order valence-corrected chi connectivity index (χ1v) is 3.59. The summed E-state index contributed by atoms with van der Waals surface area (Å²) in [6, 6.07) is 0. The highest BCUT2D eigenvalue weighted by atomic mass is 16.4. The van der Waals surface area contributed by atoms with E-state index < -0.39 is 5.97 Å². The number of carboxylic acid groups (broad SMARTS) is 1. The predicted octanol–water partition coefficient (Wildman–Crippen LogP) is 1.90. The first kappa shape index (κ1) is 10.0. The molecule has 0 aromatic carbocycles. The van der Waals surface area contributed by atoms with Gasteiger partial charge in [-0.2, -0.15) is 0 Å². The second-order valence-corrected chi connectivity index (χ2v) is 3.34. The van der Waals surface area contributed by atoms with Crippen LogP contribution in [0.5, 0.6) is 0 Å². The van der Waals surface area contributed by atoms with Gasteiger partial charge in [-0.1, -0.05) is 13.8 Å². The zero-order chi connectivity index (χ0) is 8.91. The van der Waals surface area contributed by atoms with Crippen molar-refractivity contribution >= 4 is 5.97 Å². The third kappa shape index (κ3) is 5.47. The average Bonchev–Trinajstić information content (AvgIpc) is 1.81. The fourth-order valence-corrected chi connectivity index (χ4v) is 0.800. The second kappa shape index (κ2) is 4.02. The maximum Gasteiger partial charge on any atom is 0.303 e. The lowest BCUT2D eigenvalue weighted by Gasteiger charge is -2.18. The highest BCUT2D eigenvalue weighted by molar-refractivity contribution is 5.67. The van der Waals surface area contributed by atoms with Gasteiger partial charge in [-0.25, -0.2) is 0 Å². The summed E-state index contributed by atoms with van der Waals surface area (Å²) in [7, 11) is 0. The molecular weight excluding hydrogens is 140 g/mol. The molecule has 0 heterocycles. The molecule has 0 unspecified atom stereocenters. The Kier molecular flexibility index (Phi) is 3.67. The van der Waals surface area contributed by atoms with Crippen LogP contribution in [0, 0.1) is 17.3 Å². The molecule has 0 rings (SSSR count). The topological polar surface area (TPSA) is 37.3 Å². The monoisotopic (exact) mass is 154 g/mol. The minimum atomic E-state index is -0.757. The van der Waals surface area contributed by atoms with Crippen molar-refractivity contribution in [3.8, 4) is 11.8 Å². The molecule has 0 atom stereocenters. The van der Waals surface area contributed by atoms with Crippen molar-refractivity contribution in [1.29, 1.82) is 0 Å². The van der Waals surface area contributed by atoms with Crippen molar-refractivity contribution in [2.75, 3.05) is 0 Å². The van der Waals surface area contributed by atoms with Gasteiger partial charge >= 0.3 is 5.97 Å². The van der Waals surface area contributed by atoms with E-state index in [0.29, 0.717) is 6.42 Å². The van der Waals surface area contributed by atoms with Crippen molar-refractivity contribution in [3.05, 3.63) is 0 Å². The molecule has 0 aromatic rings. The largest absolute Gasteiger partial charge is 0.481 e. The molecule has 0 bridgehead atoms. The molecule has 0 aliphatic heterocycles. The van der Waals surface area contributed by atoms with E-state index in [1.807, 2.05) is 13.8 Å². The molecule has 0 saturated heterocycles. The van der Waals surface area contributed by atoms with Crippen LogP contribution in [0.2, 0.25) is 0 Å². The predicted molar refractivity (Wildman–Crippen MR) is 44.1 cm³/mol. The van der Waals surface area contributed by atoms with Gasteiger partial charge in [0.1, 0.15) is 0 Å². The van der Waals surface area contributed by atoms with Crippen molar-refractivity contribution in [3.63, 3.8) is 0 Å². The SMILES string of the molecule is CC#CCC(C)(C)CC(=O)O. The molecule has 0 radical (unpaired) electrons. The van der Waals surface area contributed by atoms with E-state index in [0.717, 1.165) is 0 Å². The Morgan fingerprint density at radius 2 is 2.09 bits per heavy atom. The van der Waals surface area contributed by atoms with E-state index >= 15 is 0 Å². The molecule has 1 N–H and O–H groups in total. The minimum absolute atomic E-state index is 0.182. The number of carboxylic acids is 1. The number of hydrogen-bond donors (Lipinski definition) is 1. The van der Waals surface area contributed by atoms with E-state index in [9.17, 15) is 4.79 Å². The lowest BCUT2D eigenvalue weighted by molar-refractivity contribution is -0.139.